The molecule has 0 amide bonds. The van der Waals surface area contributed by atoms with Crippen LogP contribution >= 0.6 is 0 Å². The molecule has 5 nitrogen and oxygen atoms in total. The number of anilines is 1. The van der Waals surface area contributed by atoms with Crippen molar-refractivity contribution in [2.24, 2.45) is 5.84 Å². The lowest BCUT2D eigenvalue weighted by Crippen LogP contribution is -2.12. The van der Waals surface area contributed by atoms with Gasteiger partial charge < -0.3 is 10.2 Å². The summed E-state index contributed by atoms with van der Waals surface area (Å²) in [5.74, 6) is 7.41. The van der Waals surface area contributed by atoms with Crippen molar-refractivity contribution in [1.82, 2.24) is 9.97 Å². The highest BCUT2D eigenvalue weighted by Crippen LogP contribution is 2.21. The van der Waals surface area contributed by atoms with Crippen molar-refractivity contribution in [2.45, 2.75) is 27.4 Å². The highest BCUT2D eigenvalue weighted by Gasteiger charge is 2.05. The molecule has 0 saturated heterocycles. The Hall–Kier alpha value is -2.14. The molecule has 0 radical (unpaired) electrons. The standard InChI is InChI=1S/C14H18N4O/c1-9-5-4-6-12(11(9)3)19-8-14-16-10(2)7-13(17-14)18-15/h4-7H,8,15H2,1-3H3,(H,16,17,18). The van der Waals surface area contributed by atoms with Crippen molar-refractivity contribution in [3.05, 3.63) is 46.9 Å². The minimum Gasteiger partial charge on any atom is -0.485 e. The Kier molecular flexibility index (Phi) is 3.97. The van der Waals surface area contributed by atoms with Crippen LogP contribution in [0.4, 0.5) is 5.82 Å². The molecule has 0 saturated carbocycles. The van der Waals surface area contributed by atoms with Gasteiger partial charge in [-0.25, -0.2) is 15.8 Å². The number of nitrogens with two attached hydrogens (primary N) is 1. The van der Waals surface area contributed by atoms with Gasteiger partial charge in [-0.3, -0.25) is 0 Å². The SMILES string of the molecule is Cc1cc(NN)nc(COc2cccc(C)c2C)n1. The topological polar surface area (TPSA) is 73.1 Å². The van der Waals surface area contributed by atoms with E-state index in [1.807, 2.05) is 26.0 Å². The summed E-state index contributed by atoms with van der Waals surface area (Å²) < 4.78 is 5.76. The lowest BCUT2D eigenvalue weighted by molar-refractivity contribution is 0.293. The summed E-state index contributed by atoms with van der Waals surface area (Å²) in [6.07, 6.45) is 0. The third-order valence-corrected chi connectivity index (χ3v) is 2.96. The van der Waals surface area contributed by atoms with Crippen LogP contribution in [-0.4, -0.2) is 9.97 Å². The van der Waals surface area contributed by atoms with E-state index in [0.29, 0.717) is 18.2 Å². The smallest absolute Gasteiger partial charge is 0.168 e. The number of rotatable bonds is 4. The molecule has 1 aromatic heterocycles. The number of nitrogens with zero attached hydrogens (tertiary/aromatic N) is 2. The van der Waals surface area contributed by atoms with E-state index in [2.05, 4.69) is 28.4 Å². The third-order valence-electron chi connectivity index (χ3n) is 2.96. The zero-order valence-electron chi connectivity index (χ0n) is 11.4. The molecule has 3 N–H and O–H groups in total. The lowest BCUT2D eigenvalue weighted by atomic mass is 10.1. The predicted molar refractivity (Wildman–Crippen MR) is 74.8 cm³/mol. The number of hydrogen-bond acceptors (Lipinski definition) is 5. The molecule has 0 spiro atoms. The molecule has 19 heavy (non-hydrogen) atoms. The van der Waals surface area contributed by atoms with Crippen molar-refractivity contribution < 1.29 is 4.74 Å². The highest BCUT2D eigenvalue weighted by molar-refractivity contribution is 5.38. The van der Waals surface area contributed by atoms with Crippen LogP contribution in [0.15, 0.2) is 24.3 Å². The number of hydrazine groups is 1. The maximum absolute atomic E-state index is 5.76. The van der Waals surface area contributed by atoms with Gasteiger partial charge in [0.25, 0.3) is 0 Å². The minimum absolute atomic E-state index is 0.320. The second-order valence-electron chi connectivity index (χ2n) is 4.44. The molecule has 1 heterocycles. The second-order valence-corrected chi connectivity index (χ2v) is 4.44. The van der Waals surface area contributed by atoms with Gasteiger partial charge in [-0.1, -0.05) is 12.1 Å². The molecule has 0 unspecified atom stereocenters. The van der Waals surface area contributed by atoms with Gasteiger partial charge in [0.2, 0.25) is 0 Å². The number of nitrogens with one attached hydrogen (secondary N) is 1. The van der Waals surface area contributed by atoms with Gasteiger partial charge in [-0.2, -0.15) is 0 Å². The molecule has 0 aliphatic heterocycles. The second kappa shape index (κ2) is 5.67. The van der Waals surface area contributed by atoms with Gasteiger partial charge in [0.05, 0.1) is 0 Å². The molecular formula is C14H18N4O. The average molecular weight is 258 g/mol. The first kappa shape index (κ1) is 13.3. The Morgan fingerprint density at radius 3 is 2.74 bits per heavy atom. The Balaban J connectivity index is 2.14. The Morgan fingerprint density at radius 2 is 2.00 bits per heavy atom. The quantitative estimate of drug-likeness (QED) is 0.650. The maximum atomic E-state index is 5.76. The molecule has 1 aromatic carbocycles. The monoisotopic (exact) mass is 258 g/mol. The first-order valence-corrected chi connectivity index (χ1v) is 6.10. The zero-order chi connectivity index (χ0) is 13.8. The molecule has 0 aliphatic rings. The van der Waals surface area contributed by atoms with Crippen molar-refractivity contribution >= 4 is 5.82 Å². The van der Waals surface area contributed by atoms with E-state index in [-0.39, 0.29) is 0 Å². The molecule has 2 rings (SSSR count). The van der Waals surface area contributed by atoms with Crippen molar-refractivity contribution in [1.29, 1.82) is 0 Å². The fourth-order valence-electron chi connectivity index (χ4n) is 1.79. The minimum atomic E-state index is 0.320. The summed E-state index contributed by atoms with van der Waals surface area (Å²) >= 11 is 0. The summed E-state index contributed by atoms with van der Waals surface area (Å²) in [6.45, 7) is 6.31. The average Bonchev–Trinajstić information content (AvgIpc) is 2.40. The van der Waals surface area contributed by atoms with Gasteiger partial charge in [0, 0.05) is 11.8 Å². The van der Waals surface area contributed by atoms with E-state index in [4.69, 9.17) is 10.6 Å². The van der Waals surface area contributed by atoms with E-state index >= 15 is 0 Å². The Labute approximate surface area is 112 Å². The van der Waals surface area contributed by atoms with Crippen LogP contribution in [0.2, 0.25) is 0 Å². The van der Waals surface area contributed by atoms with Gasteiger partial charge in [-0.15, -0.1) is 0 Å². The van der Waals surface area contributed by atoms with E-state index in [9.17, 15) is 0 Å². The van der Waals surface area contributed by atoms with Crippen LogP contribution in [0.25, 0.3) is 0 Å². The lowest BCUT2D eigenvalue weighted by Gasteiger charge is -2.11. The number of hydrogen-bond donors (Lipinski definition) is 2. The summed E-state index contributed by atoms with van der Waals surface area (Å²) in [5.41, 5.74) is 5.70. The number of aromatic nitrogens is 2. The van der Waals surface area contributed by atoms with Gasteiger partial charge in [0.1, 0.15) is 18.2 Å². The maximum Gasteiger partial charge on any atom is 0.168 e. The zero-order valence-corrected chi connectivity index (χ0v) is 11.4. The molecular weight excluding hydrogens is 240 g/mol. The van der Waals surface area contributed by atoms with Gasteiger partial charge in [-0.05, 0) is 38.0 Å². The van der Waals surface area contributed by atoms with Crippen LogP contribution in [0, 0.1) is 20.8 Å². The van der Waals surface area contributed by atoms with Crippen LogP contribution < -0.4 is 16.0 Å². The molecule has 0 bridgehead atoms. The molecule has 0 atom stereocenters. The number of benzene rings is 1. The Bertz CT molecular complexity index is 584. The van der Waals surface area contributed by atoms with E-state index < -0.39 is 0 Å². The third kappa shape index (κ3) is 3.20. The molecule has 5 heteroatoms. The van der Waals surface area contributed by atoms with E-state index in [0.717, 1.165) is 17.0 Å². The van der Waals surface area contributed by atoms with Crippen molar-refractivity contribution in [3.8, 4) is 5.75 Å². The van der Waals surface area contributed by atoms with Crippen LogP contribution in [0.1, 0.15) is 22.6 Å². The molecule has 100 valence electrons. The first-order valence-electron chi connectivity index (χ1n) is 6.10. The summed E-state index contributed by atoms with van der Waals surface area (Å²) in [4.78, 5) is 8.56. The largest absolute Gasteiger partial charge is 0.485 e. The summed E-state index contributed by atoms with van der Waals surface area (Å²) in [5, 5.41) is 0. The highest BCUT2D eigenvalue weighted by atomic mass is 16.5. The molecule has 0 aliphatic carbocycles. The van der Waals surface area contributed by atoms with Gasteiger partial charge >= 0.3 is 0 Å². The number of ether oxygens (including phenoxy) is 1. The van der Waals surface area contributed by atoms with E-state index in [1.165, 1.54) is 5.56 Å². The summed E-state index contributed by atoms with van der Waals surface area (Å²) in [6, 6.07) is 7.76. The van der Waals surface area contributed by atoms with Crippen LogP contribution in [-0.2, 0) is 6.61 Å². The number of nitrogen functional groups attached to an aromatic ring is 1. The fourth-order valence-corrected chi connectivity index (χ4v) is 1.79. The first-order chi connectivity index (χ1) is 9.10. The predicted octanol–water partition coefficient (Wildman–Crippen LogP) is 2.27. The van der Waals surface area contributed by atoms with Crippen LogP contribution in [0.5, 0.6) is 5.75 Å². The number of aryl methyl sites for hydroxylation is 2. The van der Waals surface area contributed by atoms with Crippen molar-refractivity contribution in [2.75, 3.05) is 5.43 Å². The molecule has 0 fully saturated rings. The Morgan fingerprint density at radius 1 is 1.21 bits per heavy atom. The van der Waals surface area contributed by atoms with E-state index in [1.54, 1.807) is 6.07 Å². The van der Waals surface area contributed by atoms with Crippen LogP contribution in [0.3, 0.4) is 0 Å². The summed E-state index contributed by atoms with van der Waals surface area (Å²) in [7, 11) is 0. The fraction of sp³-hybridized carbons (Fsp3) is 0.286. The van der Waals surface area contributed by atoms with Gasteiger partial charge in [0.15, 0.2) is 5.82 Å². The molecule has 2 aromatic rings. The van der Waals surface area contributed by atoms with Crippen molar-refractivity contribution in [3.63, 3.8) is 0 Å². The normalized spacial score (nSPS) is 10.3.